The molecule has 0 saturated heterocycles. The van der Waals surface area contributed by atoms with Gasteiger partial charge in [0.2, 0.25) is 0 Å². The van der Waals surface area contributed by atoms with Gasteiger partial charge in [0.15, 0.2) is 5.78 Å². The summed E-state index contributed by atoms with van der Waals surface area (Å²) in [6, 6.07) is 30.1. The van der Waals surface area contributed by atoms with Crippen LogP contribution >= 0.6 is 0 Å². The summed E-state index contributed by atoms with van der Waals surface area (Å²) in [7, 11) is 0. The molecule has 3 nitrogen and oxygen atoms in total. The van der Waals surface area contributed by atoms with Gasteiger partial charge in [-0.15, -0.1) is 0 Å². The molecule has 0 N–H and O–H groups in total. The summed E-state index contributed by atoms with van der Waals surface area (Å²) in [5.41, 5.74) is 3.01. The molecule has 0 radical (unpaired) electrons. The maximum atomic E-state index is 13.3. The third-order valence-electron chi connectivity index (χ3n) is 5.23. The van der Waals surface area contributed by atoms with Crippen molar-refractivity contribution in [1.82, 2.24) is 0 Å². The summed E-state index contributed by atoms with van der Waals surface area (Å²) in [4.78, 5) is 13.3. The van der Waals surface area contributed by atoms with Gasteiger partial charge in [0.25, 0.3) is 0 Å². The molecular weight excluding hydrogens is 420 g/mol. The predicted octanol–water partition coefficient (Wildman–Crippen LogP) is 8.57. The number of allylic oxidation sites excluding steroid dienone is 2. The van der Waals surface area contributed by atoms with Crippen molar-refractivity contribution in [3.8, 4) is 23.0 Å². The maximum Gasteiger partial charge on any atom is 0.196 e. The number of benzene rings is 4. The fourth-order valence-electron chi connectivity index (χ4n) is 3.60. The Morgan fingerprint density at radius 1 is 0.588 bits per heavy atom. The van der Waals surface area contributed by atoms with Crippen LogP contribution in [0.5, 0.6) is 23.0 Å². The molecule has 4 aromatic carbocycles. The number of ketones is 1. The van der Waals surface area contributed by atoms with Crippen LogP contribution in [0.4, 0.5) is 0 Å². The highest BCUT2D eigenvalue weighted by Gasteiger charge is 2.16. The van der Waals surface area contributed by atoms with Crippen molar-refractivity contribution in [1.29, 1.82) is 0 Å². The molecule has 34 heavy (non-hydrogen) atoms. The summed E-state index contributed by atoms with van der Waals surface area (Å²) in [6.07, 6.45) is 7.91. The minimum absolute atomic E-state index is 0.111. The first-order chi connectivity index (χ1) is 16.7. The molecule has 0 saturated carbocycles. The minimum Gasteiger partial charge on any atom is -0.457 e. The van der Waals surface area contributed by atoms with Gasteiger partial charge in [0, 0.05) is 16.7 Å². The third kappa shape index (κ3) is 5.33. The quantitative estimate of drug-likeness (QED) is 0.254. The van der Waals surface area contributed by atoms with Gasteiger partial charge in [-0.25, -0.2) is 0 Å². The molecule has 0 aliphatic heterocycles. The molecule has 0 aliphatic carbocycles. The van der Waals surface area contributed by atoms with Crippen LogP contribution in [0.1, 0.15) is 40.9 Å². The lowest BCUT2D eigenvalue weighted by molar-refractivity contribution is 0.103. The number of hydrogen-bond acceptors (Lipinski definition) is 3. The average Bonchev–Trinajstić information content (AvgIpc) is 2.87. The first-order valence-electron chi connectivity index (χ1n) is 11.2. The number of ether oxygens (including phenoxy) is 2. The van der Waals surface area contributed by atoms with Gasteiger partial charge in [0.05, 0.1) is 5.56 Å². The van der Waals surface area contributed by atoms with E-state index in [0.717, 1.165) is 16.9 Å². The van der Waals surface area contributed by atoms with E-state index in [9.17, 15) is 4.79 Å². The second kappa shape index (κ2) is 11.0. The van der Waals surface area contributed by atoms with Gasteiger partial charge in [-0.2, -0.15) is 0 Å². The Hall–Kier alpha value is -4.37. The first kappa shape index (κ1) is 22.8. The molecule has 4 aromatic rings. The molecule has 0 amide bonds. The zero-order chi connectivity index (χ0) is 23.8. The van der Waals surface area contributed by atoms with Gasteiger partial charge < -0.3 is 9.47 Å². The standard InChI is InChI=1S/C31H26O3/c1-3-11-23-13-5-8-16-28(23)33-26-21-19-25(20-22-26)31(32)27-15-7-10-18-30(27)34-29-17-9-6-14-24(29)12-4-2/h3-22H,1-2H3/b11-3-,12-4-. The van der Waals surface area contributed by atoms with Crippen LogP contribution < -0.4 is 9.47 Å². The predicted molar refractivity (Wildman–Crippen MR) is 139 cm³/mol. The lowest BCUT2D eigenvalue weighted by atomic mass is 10.0. The van der Waals surface area contributed by atoms with Gasteiger partial charge >= 0.3 is 0 Å². The molecule has 0 aliphatic rings. The van der Waals surface area contributed by atoms with Crippen LogP contribution in [0.25, 0.3) is 12.2 Å². The smallest absolute Gasteiger partial charge is 0.196 e. The van der Waals surface area contributed by atoms with Crippen molar-refractivity contribution in [2.75, 3.05) is 0 Å². The zero-order valence-corrected chi connectivity index (χ0v) is 19.3. The topological polar surface area (TPSA) is 35.5 Å². The monoisotopic (exact) mass is 446 g/mol. The number of rotatable bonds is 8. The Bertz CT molecular complexity index is 1330. The van der Waals surface area contributed by atoms with E-state index >= 15 is 0 Å². The molecule has 0 fully saturated rings. The number of carbonyl (C=O) groups is 1. The molecule has 0 aromatic heterocycles. The highest BCUT2D eigenvalue weighted by molar-refractivity contribution is 6.10. The van der Waals surface area contributed by atoms with Crippen molar-refractivity contribution < 1.29 is 14.3 Å². The van der Waals surface area contributed by atoms with Crippen LogP contribution in [0.3, 0.4) is 0 Å². The van der Waals surface area contributed by atoms with Gasteiger partial charge in [-0.1, -0.05) is 72.8 Å². The minimum atomic E-state index is -0.111. The second-order valence-corrected chi connectivity index (χ2v) is 7.63. The molecule has 168 valence electrons. The van der Waals surface area contributed by atoms with E-state index in [1.54, 1.807) is 18.2 Å². The SMILES string of the molecule is C/C=C\c1ccccc1Oc1ccc(C(=O)c2ccccc2Oc2ccccc2/C=C\C)cc1. The molecule has 0 heterocycles. The van der Waals surface area contributed by atoms with Crippen molar-refractivity contribution >= 4 is 17.9 Å². The van der Waals surface area contributed by atoms with E-state index in [-0.39, 0.29) is 5.78 Å². The van der Waals surface area contributed by atoms with Gasteiger partial charge in [-0.3, -0.25) is 4.79 Å². The van der Waals surface area contributed by atoms with Crippen LogP contribution in [-0.2, 0) is 0 Å². The van der Waals surface area contributed by atoms with Crippen LogP contribution in [0.15, 0.2) is 109 Å². The van der Waals surface area contributed by atoms with Gasteiger partial charge in [0.1, 0.15) is 23.0 Å². The highest BCUT2D eigenvalue weighted by Crippen LogP contribution is 2.31. The summed E-state index contributed by atoms with van der Waals surface area (Å²) in [6.45, 7) is 3.93. The third-order valence-corrected chi connectivity index (χ3v) is 5.23. The summed E-state index contributed by atoms with van der Waals surface area (Å²) >= 11 is 0. The Morgan fingerprint density at radius 3 is 1.68 bits per heavy atom. The molecule has 0 spiro atoms. The van der Waals surface area contributed by atoms with Crippen LogP contribution in [0, 0.1) is 0 Å². The van der Waals surface area contributed by atoms with Gasteiger partial charge in [-0.05, 0) is 62.4 Å². The van der Waals surface area contributed by atoms with E-state index in [1.807, 2.05) is 117 Å². The normalized spacial score (nSPS) is 11.1. The van der Waals surface area contributed by atoms with Crippen molar-refractivity contribution in [2.24, 2.45) is 0 Å². The first-order valence-corrected chi connectivity index (χ1v) is 11.2. The number of para-hydroxylation sites is 3. The Kier molecular flexibility index (Phi) is 7.36. The maximum absolute atomic E-state index is 13.3. The summed E-state index contributed by atoms with van der Waals surface area (Å²) in [5, 5.41) is 0. The number of hydrogen-bond donors (Lipinski definition) is 0. The van der Waals surface area contributed by atoms with Crippen molar-refractivity contribution in [3.63, 3.8) is 0 Å². The van der Waals surface area contributed by atoms with E-state index in [1.165, 1.54) is 0 Å². The van der Waals surface area contributed by atoms with Crippen LogP contribution in [0.2, 0.25) is 0 Å². The molecular formula is C31H26O3. The fourth-order valence-corrected chi connectivity index (χ4v) is 3.60. The average molecular weight is 447 g/mol. The van der Waals surface area contributed by atoms with Crippen molar-refractivity contribution in [3.05, 3.63) is 131 Å². The molecule has 0 unspecified atom stereocenters. The van der Waals surface area contributed by atoms with E-state index in [4.69, 9.17) is 9.47 Å². The van der Waals surface area contributed by atoms with E-state index in [0.29, 0.717) is 28.4 Å². The van der Waals surface area contributed by atoms with Crippen LogP contribution in [-0.4, -0.2) is 5.78 Å². The molecule has 3 heteroatoms. The molecule has 0 bridgehead atoms. The fraction of sp³-hybridized carbons (Fsp3) is 0.0645. The molecule has 4 rings (SSSR count). The van der Waals surface area contributed by atoms with Crippen molar-refractivity contribution in [2.45, 2.75) is 13.8 Å². The van der Waals surface area contributed by atoms with E-state index in [2.05, 4.69) is 0 Å². The summed E-state index contributed by atoms with van der Waals surface area (Å²) in [5.74, 6) is 2.53. The van der Waals surface area contributed by atoms with E-state index < -0.39 is 0 Å². The largest absolute Gasteiger partial charge is 0.457 e. The Balaban J connectivity index is 1.57. The summed E-state index contributed by atoms with van der Waals surface area (Å²) < 4.78 is 12.2. The Labute approximate surface area is 200 Å². The number of carbonyl (C=O) groups excluding carboxylic acids is 1. The molecule has 0 atom stereocenters. The highest BCUT2D eigenvalue weighted by atomic mass is 16.5. The lowest BCUT2D eigenvalue weighted by Crippen LogP contribution is -2.04. The Morgan fingerprint density at radius 2 is 1.09 bits per heavy atom. The zero-order valence-electron chi connectivity index (χ0n) is 19.3. The lowest BCUT2D eigenvalue weighted by Gasteiger charge is -2.13. The second-order valence-electron chi connectivity index (χ2n) is 7.63.